The Hall–Kier alpha value is -1.85. The molecule has 1 aliphatic rings. The van der Waals surface area contributed by atoms with Crippen molar-refractivity contribution in [3.8, 4) is 0 Å². The van der Waals surface area contributed by atoms with Crippen LogP contribution in [0.25, 0.3) is 0 Å². The normalized spacial score (nSPS) is 28.2. The molecule has 0 saturated carbocycles. The van der Waals surface area contributed by atoms with Gasteiger partial charge in [0.15, 0.2) is 5.96 Å². The molecule has 0 saturated heterocycles. The Morgan fingerprint density at radius 1 is 1.41 bits per heavy atom. The molecule has 1 aliphatic heterocycles. The molecule has 0 fully saturated rings. The van der Waals surface area contributed by atoms with E-state index >= 15 is 0 Å². The molecule has 124 valence electrons. The molecule has 1 rings (SSSR count). The molecule has 0 aromatic carbocycles. The van der Waals surface area contributed by atoms with Gasteiger partial charge < -0.3 is 16.2 Å². The zero-order chi connectivity index (χ0) is 16.7. The van der Waals surface area contributed by atoms with Crippen molar-refractivity contribution in [2.45, 2.75) is 52.3 Å². The van der Waals surface area contributed by atoms with Crippen molar-refractivity contribution >= 4 is 18.4 Å². The van der Waals surface area contributed by atoms with Crippen molar-refractivity contribution in [1.29, 1.82) is 0 Å². The molecule has 0 bridgehead atoms. The van der Waals surface area contributed by atoms with Gasteiger partial charge in [0.05, 0.1) is 6.21 Å². The summed E-state index contributed by atoms with van der Waals surface area (Å²) in [6, 6.07) is -0.371. The number of hydrogen-bond acceptors (Lipinski definition) is 4. The molecule has 0 unspecified atom stereocenters. The average molecular weight is 307 g/mol. The van der Waals surface area contributed by atoms with Crippen LogP contribution in [0.2, 0.25) is 0 Å². The molecule has 4 N–H and O–H groups in total. The van der Waals surface area contributed by atoms with Crippen molar-refractivity contribution in [3.05, 3.63) is 11.8 Å². The standard InChI is InChI=1S/C16H29N5O/c1-6-10(3)11(4)15-14(20-7-2)13(21-16(17)18)8-12(22-15)9-19-5/h7-11,13-15H,6H2,1-5H3,(H4,17,18,21)/t10-,11-,13+,14-,15+/m1/s1. The van der Waals surface area contributed by atoms with Crippen LogP contribution in [0.5, 0.6) is 0 Å². The highest BCUT2D eigenvalue weighted by molar-refractivity contribution is 5.78. The topological polar surface area (TPSA) is 98.3 Å². The number of allylic oxidation sites excluding steroid dienone is 1. The molecule has 5 atom stereocenters. The van der Waals surface area contributed by atoms with Gasteiger partial charge in [-0.2, -0.15) is 0 Å². The van der Waals surface area contributed by atoms with Crippen LogP contribution in [-0.2, 0) is 4.74 Å². The molecule has 6 heteroatoms. The van der Waals surface area contributed by atoms with Gasteiger partial charge in [-0.3, -0.25) is 9.98 Å². The predicted molar refractivity (Wildman–Crippen MR) is 93.5 cm³/mol. The fourth-order valence-electron chi connectivity index (χ4n) is 2.67. The van der Waals surface area contributed by atoms with Crippen LogP contribution in [0.15, 0.2) is 26.8 Å². The van der Waals surface area contributed by atoms with Crippen LogP contribution in [0.3, 0.4) is 0 Å². The fraction of sp³-hybridized carbons (Fsp3) is 0.688. The number of nitrogens with zero attached hydrogens (tertiary/aromatic N) is 3. The summed E-state index contributed by atoms with van der Waals surface area (Å²) in [4.78, 5) is 12.9. The first-order chi connectivity index (χ1) is 10.4. The van der Waals surface area contributed by atoms with E-state index in [9.17, 15) is 0 Å². The van der Waals surface area contributed by atoms with E-state index in [1.165, 1.54) is 0 Å². The molecular formula is C16H29N5O. The highest BCUT2D eigenvalue weighted by Gasteiger charge is 2.39. The van der Waals surface area contributed by atoms with Gasteiger partial charge >= 0.3 is 0 Å². The maximum atomic E-state index is 6.14. The summed E-state index contributed by atoms with van der Waals surface area (Å²) in [5.41, 5.74) is 11.2. The van der Waals surface area contributed by atoms with Crippen LogP contribution in [0.4, 0.5) is 0 Å². The van der Waals surface area contributed by atoms with Crippen molar-refractivity contribution in [2.24, 2.45) is 38.3 Å². The lowest BCUT2D eigenvalue weighted by Crippen LogP contribution is -2.46. The second-order valence-electron chi connectivity index (χ2n) is 5.73. The summed E-state index contributed by atoms with van der Waals surface area (Å²) in [7, 11) is 1.71. The first-order valence-electron chi connectivity index (χ1n) is 7.81. The highest BCUT2D eigenvalue weighted by Crippen LogP contribution is 2.31. The summed E-state index contributed by atoms with van der Waals surface area (Å²) in [5, 5.41) is 0. The minimum atomic E-state index is -0.237. The summed E-state index contributed by atoms with van der Waals surface area (Å²) in [6.45, 7) is 8.49. The maximum absolute atomic E-state index is 6.14. The number of hydrogen-bond donors (Lipinski definition) is 2. The molecule has 0 amide bonds. The second-order valence-corrected chi connectivity index (χ2v) is 5.73. The average Bonchev–Trinajstić information content (AvgIpc) is 2.47. The van der Waals surface area contributed by atoms with Crippen molar-refractivity contribution < 1.29 is 4.74 Å². The van der Waals surface area contributed by atoms with Gasteiger partial charge in [0.2, 0.25) is 0 Å². The third kappa shape index (κ3) is 4.58. The van der Waals surface area contributed by atoms with Crippen LogP contribution >= 0.6 is 0 Å². The van der Waals surface area contributed by atoms with Crippen molar-refractivity contribution in [1.82, 2.24) is 0 Å². The lowest BCUT2D eigenvalue weighted by atomic mass is 9.82. The van der Waals surface area contributed by atoms with Crippen LogP contribution < -0.4 is 11.5 Å². The van der Waals surface area contributed by atoms with Gasteiger partial charge in [0, 0.05) is 7.05 Å². The molecule has 0 aromatic heterocycles. The van der Waals surface area contributed by atoms with Crippen LogP contribution in [0.1, 0.15) is 34.1 Å². The molecule has 0 spiro atoms. The predicted octanol–water partition coefficient (Wildman–Crippen LogP) is 1.75. The van der Waals surface area contributed by atoms with E-state index in [1.807, 2.05) is 13.0 Å². The third-order valence-corrected chi connectivity index (χ3v) is 4.23. The Balaban J connectivity index is 3.23. The SMILES string of the molecule is CC=N[C@H]1[C@H]([C@H](C)[C@H](C)CC)OC(C=NC)=C[C@@H]1N=C(N)N. The molecular weight excluding hydrogens is 278 g/mol. The van der Waals surface area contributed by atoms with Crippen LogP contribution in [0, 0.1) is 11.8 Å². The quantitative estimate of drug-likeness (QED) is 0.577. The Morgan fingerprint density at radius 2 is 2.09 bits per heavy atom. The van der Waals surface area contributed by atoms with Crippen molar-refractivity contribution in [3.63, 3.8) is 0 Å². The van der Waals surface area contributed by atoms with E-state index < -0.39 is 0 Å². The van der Waals surface area contributed by atoms with Gasteiger partial charge in [0.25, 0.3) is 0 Å². The summed E-state index contributed by atoms with van der Waals surface area (Å²) < 4.78 is 6.14. The van der Waals surface area contributed by atoms with E-state index in [-0.39, 0.29) is 24.1 Å². The molecule has 0 radical (unpaired) electrons. The largest absolute Gasteiger partial charge is 0.486 e. The minimum absolute atomic E-state index is 0.0576. The van der Waals surface area contributed by atoms with Gasteiger partial charge in [-0.25, -0.2) is 4.99 Å². The first kappa shape index (κ1) is 18.2. The number of rotatable bonds is 6. The Labute approximate surface area is 133 Å². The number of ether oxygens (including phenoxy) is 1. The van der Waals surface area contributed by atoms with E-state index in [0.29, 0.717) is 17.6 Å². The lowest BCUT2D eigenvalue weighted by Gasteiger charge is -2.38. The molecule has 0 aromatic rings. The molecule has 0 aliphatic carbocycles. The smallest absolute Gasteiger partial charge is 0.186 e. The second kappa shape index (κ2) is 8.56. The summed E-state index contributed by atoms with van der Waals surface area (Å²) >= 11 is 0. The zero-order valence-electron chi connectivity index (χ0n) is 14.2. The fourth-order valence-corrected chi connectivity index (χ4v) is 2.67. The van der Waals surface area contributed by atoms with E-state index in [2.05, 4.69) is 35.7 Å². The van der Waals surface area contributed by atoms with Crippen LogP contribution in [-0.4, -0.2) is 43.6 Å². The lowest BCUT2D eigenvalue weighted by molar-refractivity contribution is 0.0241. The Morgan fingerprint density at radius 3 is 2.59 bits per heavy atom. The molecule has 1 heterocycles. The Bertz CT molecular complexity index is 465. The van der Waals surface area contributed by atoms with E-state index in [1.54, 1.807) is 19.5 Å². The number of nitrogens with two attached hydrogens (primary N) is 2. The number of guanidine groups is 1. The summed E-state index contributed by atoms with van der Waals surface area (Å²) in [6.07, 6.45) is 6.35. The van der Waals surface area contributed by atoms with Gasteiger partial charge in [-0.05, 0) is 31.1 Å². The first-order valence-corrected chi connectivity index (χ1v) is 7.81. The van der Waals surface area contributed by atoms with E-state index in [0.717, 1.165) is 6.42 Å². The minimum Gasteiger partial charge on any atom is -0.486 e. The van der Waals surface area contributed by atoms with Crippen molar-refractivity contribution in [2.75, 3.05) is 7.05 Å². The van der Waals surface area contributed by atoms with Gasteiger partial charge in [0.1, 0.15) is 23.9 Å². The number of aliphatic imine (C=N–C) groups is 3. The Kier molecular flexibility index (Phi) is 7.08. The highest BCUT2D eigenvalue weighted by atomic mass is 16.5. The monoisotopic (exact) mass is 307 g/mol. The van der Waals surface area contributed by atoms with E-state index in [4.69, 9.17) is 16.2 Å². The van der Waals surface area contributed by atoms with Gasteiger partial charge in [-0.1, -0.05) is 27.2 Å². The summed E-state index contributed by atoms with van der Waals surface area (Å²) in [5.74, 6) is 1.59. The van der Waals surface area contributed by atoms with Gasteiger partial charge in [-0.15, -0.1) is 0 Å². The molecule has 22 heavy (non-hydrogen) atoms. The molecule has 6 nitrogen and oxygen atoms in total. The maximum Gasteiger partial charge on any atom is 0.186 e. The zero-order valence-corrected chi connectivity index (χ0v) is 14.2. The third-order valence-electron chi connectivity index (χ3n) is 4.23.